The van der Waals surface area contributed by atoms with Crippen molar-refractivity contribution >= 4 is 34.2 Å². The van der Waals surface area contributed by atoms with Crippen molar-refractivity contribution in [1.29, 1.82) is 0 Å². The van der Waals surface area contributed by atoms with Gasteiger partial charge in [-0.1, -0.05) is 15.9 Å². The van der Waals surface area contributed by atoms with Crippen molar-refractivity contribution < 1.29 is 4.79 Å². The molecule has 1 unspecified atom stereocenters. The lowest BCUT2D eigenvalue weighted by Gasteiger charge is -2.08. The number of nitrogens with two attached hydrogens (primary N) is 1. The fourth-order valence-corrected chi connectivity index (χ4v) is 2.25. The Kier molecular flexibility index (Phi) is 7.06. The summed E-state index contributed by atoms with van der Waals surface area (Å²) in [6.45, 7) is 4.37. The van der Waals surface area contributed by atoms with Crippen molar-refractivity contribution in [3.05, 3.63) is 46.2 Å². The van der Waals surface area contributed by atoms with E-state index in [9.17, 15) is 4.79 Å². The highest BCUT2D eigenvalue weighted by Gasteiger charge is 2.14. The maximum atomic E-state index is 12.1. The Hall–Kier alpha value is -1.37. The molecule has 0 spiro atoms. The number of carbonyl (C=O) groups is 1. The number of nitrogens with one attached hydrogen (secondary N) is 1. The fraction of sp³-hybridized carbons (Fsp3) is 0.333. The Bertz CT molecular complexity index is 625. The minimum atomic E-state index is -0.114. The van der Waals surface area contributed by atoms with Crippen molar-refractivity contribution in [1.82, 2.24) is 15.1 Å². The molecule has 0 fully saturated rings. The summed E-state index contributed by atoms with van der Waals surface area (Å²) in [5.74, 6) is -0.114. The molecule has 1 heterocycles. The molecule has 0 radical (unpaired) electrons. The second-order valence-electron chi connectivity index (χ2n) is 5.05. The third-order valence-electron chi connectivity index (χ3n) is 3.21. The first-order valence-corrected chi connectivity index (χ1v) is 7.62. The highest BCUT2D eigenvalue weighted by atomic mass is 79.9. The first-order valence-electron chi connectivity index (χ1n) is 6.83. The van der Waals surface area contributed by atoms with Gasteiger partial charge in [0.25, 0.3) is 5.91 Å². The van der Waals surface area contributed by atoms with E-state index in [-0.39, 0.29) is 24.4 Å². The molecule has 1 amide bonds. The molecule has 0 bridgehead atoms. The maximum absolute atomic E-state index is 12.1. The van der Waals surface area contributed by atoms with Gasteiger partial charge in [-0.25, -0.2) is 4.68 Å². The summed E-state index contributed by atoms with van der Waals surface area (Å²) in [7, 11) is 0. The topological polar surface area (TPSA) is 72.9 Å². The van der Waals surface area contributed by atoms with Crippen molar-refractivity contribution in [2.45, 2.75) is 26.3 Å². The van der Waals surface area contributed by atoms with Gasteiger partial charge >= 0.3 is 0 Å². The second-order valence-corrected chi connectivity index (χ2v) is 5.97. The third kappa shape index (κ3) is 4.56. The van der Waals surface area contributed by atoms with Gasteiger partial charge in [-0.05, 0) is 44.5 Å². The van der Waals surface area contributed by atoms with Gasteiger partial charge in [-0.15, -0.1) is 12.4 Å². The monoisotopic (exact) mass is 386 g/mol. The fourth-order valence-electron chi connectivity index (χ4n) is 1.98. The number of amides is 1. The van der Waals surface area contributed by atoms with E-state index in [4.69, 9.17) is 5.73 Å². The number of nitrogens with zero attached hydrogens (tertiary/aromatic N) is 2. The SMILES string of the molecule is Cc1c(C(=O)NCCC(C)N)cnn1-c1ccc(Br)cc1.Cl. The molecule has 1 aromatic carbocycles. The van der Waals surface area contributed by atoms with Crippen molar-refractivity contribution in [2.24, 2.45) is 5.73 Å². The van der Waals surface area contributed by atoms with Crippen LogP contribution in [0.3, 0.4) is 0 Å². The van der Waals surface area contributed by atoms with Crippen LogP contribution >= 0.6 is 28.3 Å². The number of hydrogen-bond donors (Lipinski definition) is 2. The first kappa shape index (κ1) is 18.7. The largest absolute Gasteiger partial charge is 0.352 e. The van der Waals surface area contributed by atoms with Crippen LogP contribution in [0.5, 0.6) is 0 Å². The summed E-state index contributed by atoms with van der Waals surface area (Å²) < 4.78 is 2.76. The molecule has 7 heteroatoms. The number of aromatic nitrogens is 2. The molecule has 0 saturated carbocycles. The molecule has 5 nitrogen and oxygen atoms in total. The summed E-state index contributed by atoms with van der Waals surface area (Å²) in [6.07, 6.45) is 2.35. The van der Waals surface area contributed by atoms with E-state index < -0.39 is 0 Å². The smallest absolute Gasteiger partial charge is 0.254 e. The Morgan fingerprint density at radius 3 is 2.64 bits per heavy atom. The van der Waals surface area contributed by atoms with Gasteiger partial charge in [0.2, 0.25) is 0 Å². The minimum Gasteiger partial charge on any atom is -0.352 e. The lowest BCUT2D eigenvalue weighted by molar-refractivity contribution is 0.0952. The van der Waals surface area contributed by atoms with Gasteiger partial charge in [-0.3, -0.25) is 4.79 Å². The number of rotatable bonds is 5. The van der Waals surface area contributed by atoms with E-state index in [1.807, 2.05) is 38.1 Å². The van der Waals surface area contributed by atoms with Gasteiger partial charge in [0.1, 0.15) is 0 Å². The van der Waals surface area contributed by atoms with Crippen molar-refractivity contribution in [2.75, 3.05) is 6.54 Å². The van der Waals surface area contributed by atoms with Crippen LogP contribution in [0.4, 0.5) is 0 Å². The standard InChI is InChI=1S/C15H19BrN4O.ClH/c1-10(17)7-8-18-15(21)14-9-19-20(11(14)2)13-5-3-12(16)4-6-13;/h3-6,9-10H,7-8,17H2,1-2H3,(H,18,21);1H. The summed E-state index contributed by atoms with van der Waals surface area (Å²) in [4.78, 5) is 12.1. The zero-order chi connectivity index (χ0) is 15.4. The Morgan fingerprint density at radius 1 is 1.41 bits per heavy atom. The van der Waals surface area contributed by atoms with Crippen LogP contribution in [0.1, 0.15) is 29.4 Å². The Balaban J connectivity index is 0.00000242. The Labute approximate surface area is 144 Å². The second kappa shape index (κ2) is 8.31. The zero-order valence-corrected chi connectivity index (χ0v) is 14.9. The van der Waals surface area contributed by atoms with Crippen LogP contribution in [0.15, 0.2) is 34.9 Å². The van der Waals surface area contributed by atoms with E-state index in [0.29, 0.717) is 12.1 Å². The molecule has 1 aromatic heterocycles. The number of halogens is 2. The van der Waals surface area contributed by atoms with E-state index in [2.05, 4.69) is 26.3 Å². The van der Waals surface area contributed by atoms with E-state index in [0.717, 1.165) is 22.3 Å². The predicted octanol–water partition coefficient (Wildman–Crippen LogP) is 2.83. The van der Waals surface area contributed by atoms with Crippen LogP contribution in [-0.4, -0.2) is 28.3 Å². The molecule has 0 aliphatic rings. The van der Waals surface area contributed by atoms with Gasteiger partial charge in [0.15, 0.2) is 0 Å². The molecule has 0 aliphatic heterocycles. The molecule has 22 heavy (non-hydrogen) atoms. The van der Waals surface area contributed by atoms with E-state index in [1.54, 1.807) is 10.9 Å². The van der Waals surface area contributed by atoms with Crippen LogP contribution < -0.4 is 11.1 Å². The number of benzene rings is 1. The predicted molar refractivity (Wildman–Crippen MR) is 93.8 cm³/mol. The maximum Gasteiger partial charge on any atom is 0.254 e. The molecule has 0 saturated heterocycles. The Morgan fingerprint density at radius 2 is 2.05 bits per heavy atom. The molecule has 3 N–H and O–H groups in total. The molecule has 2 aromatic rings. The molecule has 1 atom stereocenters. The van der Waals surface area contributed by atoms with Gasteiger partial charge in [0.05, 0.1) is 23.1 Å². The minimum absolute atomic E-state index is 0. The average Bonchev–Trinajstić information content (AvgIpc) is 2.81. The average molecular weight is 388 g/mol. The third-order valence-corrected chi connectivity index (χ3v) is 3.74. The van der Waals surface area contributed by atoms with Crippen LogP contribution in [0.25, 0.3) is 5.69 Å². The van der Waals surface area contributed by atoms with Crippen LogP contribution in [-0.2, 0) is 0 Å². The summed E-state index contributed by atoms with van der Waals surface area (Å²) in [5, 5.41) is 7.16. The van der Waals surface area contributed by atoms with Crippen LogP contribution in [0, 0.1) is 6.92 Å². The van der Waals surface area contributed by atoms with Gasteiger partial charge in [-0.2, -0.15) is 5.10 Å². The molecular weight excluding hydrogens is 368 g/mol. The highest BCUT2D eigenvalue weighted by molar-refractivity contribution is 9.10. The first-order chi connectivity index (χ1) is 9.99. The summed E-state index contributed by atoms with van der Waals surface area (Å²) >= 11 is 3.40. The molecular formula is C15H20BrClN4O. The zero-order valence-electron chi connectivity index (χ0n) is 12.5. The molecule has 120 valence electrons. The summed E-state index contributed by atoms with van der Waals surface area (Å²) in [5.41, 5.74) is 7.99. The lowest BCUT2D eigenvalue weighted by atomic mass is 10.2. The van der Waals surface area contributed by atoms with Crippen molar-refractivity contribution in [3.63, 3.8) is 0 Å². The van der Waals surface area contributed by atoms with Crippen molar-refractivity contribution in [3.8, 4) is 5.69 Å². The van der Waals surface area contributed by atoms with Gasteiger partial charge in [0, 0.05) is 17.1 Å². The van der Waals surface area contributed by atoms with Gasteiger partial charge < -0.3 is 11.1 Å². The number of carbonyl (C=O) groups excluding carboxylic acids is 1. The van der Waals surface area contributed by atoms with E-state index in [1.165, 1.54) is 0 Å². The molecule has 0 aliphatic carbocycles. The highest BCUT2D eigenvalue weighted by Crippen LogP contribution is 2.17. The summed E-state index contributed by atoms with van der Waals surface area (Å²) in [6, 6.07) is 7.86. The normalized spacial score (nSPS) is 11.6. The number of hydrogen-bond acceptors (Lipinski definition) is 3. The lowest BCUT2D eigenvalue weighted by Crippen LogP contribution is -2.29. The quantitative estimate of drug-likeness (QED) is 0.828. The molecule has 2 rings (SSSR count). The van der Waals surface area contributed by atoms with Crippen LogP contribution in [0.2, 0.25) is 0 Å². The van der Waals surface area contributed by atoms with E-state index >= 15 is 0 Å².